The van der Waals surface area contributed by atoms with E-state index in [0.717, 1.165) is 36.8 Å². The van der Waals surface area contributed by atoms with E-state index in [1.165, 1.54) is 0 Å². The number of rotatable bonds is 4. The Morgan fingerprint density at radius 3 is 2.68 bits per heavy atom. The molecular weight excluding hydrogens is 420 g/mol. The minimum atomic E-state index is -0.589. The van der Waals surface area contributed by atoms with E-state index in [0.29, 0.717) is 17.7 Å². The maximum atomic E-state index is 12.2. The van der Waals surface area contributed by atoms with Gasteiger partial charge in [0.05, 0.1) is 4.91 Å². The van der Waals surface area contributed by atoms with Crippen molar-refractivity contribution in [1.29, 1.82) is 0 Å². The van der Waals surface area contributed by atoms with Gasteiger partial charge in [-0.25, -0.2) is 4.79 Å². The second kappa shape index (κ2) is 9.01. The molecule has 1 aromatic carbocycles. The molecule has 1 aromatic rings. The van der Waals surface area contributed by atoms with E-state index in [-0.39, 0.29) is 10.9 Å². The molecule has 3 rings (SSSR count). The number of ether oxygens (including phenoxy) is 1. The van der Waals surface area contributed by atoms with Crippen LogP contribution in [0.2, 0.25) is 0 Å². The number of piperidine rings is 1. The highest BCUT2D eigenvalue weighted by atomic mass is 32.2. The molecule has 10 heteroatoms. The van der Waals surface area contributed by atoms with Crippen molar-refractivity contribution in [2.45, 2.75) is 45.3 Å². The van der Waals surface area contributed by atoms with Gasteiger partial charge in [-0.1, -0.05) is 0 Å². The number of carbonyl (C=O) groups is 4. The monoisotopic (exact) mass is 446 g/mol. The fourth-order valence-corrected chi connectivity index (χ4v) is 4.13. The number of hydrogen-bond donors (Lipinski definition) is 3. The largest absolute Gasteiger partial charge is 0.444 e. The van der Waals surface area contributed by atoms with E-state index >= 15 is 0 Å². The Labute approximate surface area is 184 Å². The Morgan fingerprint density at radius 1 is 1.32 bits per heavy atom. The number of alkyl carbamates (subject to hydrolysis) is 1. The fourth-order valence-electron chi connectivity index (χ4n) is 3.46. The number of nitrogens with one attached hydrogen (secondary N) is 2. The van der Waals surface area contributed by atoms with Crippen LogP contribution in [0.25, 0.3) is 6.08 Å². The Bertz CT molecular complexity index is 954. The van der Waals surface area contributed by atoms with Crippen molar-refractivity contribution in [2.75, 3.05) is 18.0 Å². The van der Waals surface area contributed by atoms with Gasteiger partial charge in [-0.15, -0.1) is 0 Å². The summed E-state index contributed by atoms with van der Waals surface area (Å²) in [6, 6.07) is 4.87. The molecule has 0 saturated carbocycles. The maximum absolute atomic E-state index is 12.2. The normalized spacial score (nSPS) is 20.5. The average molecular weight is 447 g/mol. The molecular formula is C21H26N4O5S. The van der Waals surface area contributed by atoms with Crippen molar-refractivity contribution in [1.82, 2.24) is 10.6 Å². The standard InChI is InChI=1S/C21H26N4O5S/c1-21(2,3)30-19(28)23-14-5-4-8-25(11-14)15-7-6-12(17(22)26)9-13(15)10-16-18(27)24-20(29)31-16/h6-7,9-10,14H,4-5,8,11H2,1-3H3,(H2,22,26)(H,23,28)(H,24,27,29). The molecule has 2 aliphatic rings. The number of thioether (sulfide) groups is 1. The van der Waals surface area contributed by atoms with Crippen molar-refractivity contribution < 1.29 is 23.9 Å². The van der Waals surface area contributed by atoms with Gasteiger partial charge in [-0.2, -0.15) is 0 Å². The third-order valence-corrected chi connectivity index (χ3v) is 5.53. The number of hydrogen-bond acceptors (Lipinski definition) is 7. The van der Waals surface area contributed by atoms with Crippen LogP contribution in [0.4, 0.5) is 15.3 Å². The molecule has 0 aromatic heterocycles. The average Bonchev–Trinajstić information content (AvgIpc) is 2.97. The molecule has 0 radical (unpaired) electrons. The summed E-state index contributed by atoms with van der Waals surface area (Å²) in [5, 5.41) is 4.68. The molecule has 1 unspecified atom stereocenters. The first-order valence-corrected chi connectivity index (χ1v) is 10.8. The van der Waals surface area contributed by atoms with Crippen molar-refractivity contribution in [3.05, 3.63) is 34.2 Å². The van der Waals surface area contributed by atoms with Gasteiger partial charge in [0.1, 0.15) is 5.60 Å². The predicted octanol–water partition coefficient (Wildman–Crippen LogP) is 2.60. The molecule has 2 aliphatic heterocycles. The minimum Gasteiger partial charge on any atom is -0.444 e. The summed E-state index contributed by atoms with van der Waals surface area (Å²) in [5.41, 5.74) is 6.51. The zero-order chi connectivity index (χ0) is 22.8. The van der Waals surface area contributed by atoms with Crippen molar-refractivity contribution in [3.63, 3.8) is 0 Å². The summed E-state index contributed by atoms with van der Waals surface area (Å²) >= 11 is 0.806. The topological polar surface area (TPSA) is 131 Å². The first-order chi connectivity index (χ1) is 14.5. The third-order valence-electron chi connectivity index (χ3n) is 4.72. The van der Waals surface area contributed by atoms with Crippen LogP contribution in [0, 0.1) is 0 Å². The summed E-state index contributed by atoms with van der Waals surface area (Å²) in [5.74, 6) is -1.07. The van der Waals surface area contributed by atoms with Gasteiger partial charge in [0.2, 0.25) is 5.91 Å². The lowest BCUT2D eigenvalue weighted by molar-refractivity contribution is -0.115. The van der Waals surface area contributed by atoms with Gasteiger partial charge >= 0.3 is 6.09 Å². The van der Waals surface area contributed by atoms with E-state index < -0.39 is 28.7 Å². The van der Waals surface area contributed by atoms with E-state index in [1.54, 1.807) is 24.3 Å². The Balaban J connectivity index is 1.84. The first-order valence-electron chi connectivity index (χ1n) is 9.95. The number of amides is 4. The van der Waals surface area contributed by atoms with Crippen LogP contribution < -0.4 is 21.3 Å². The van der Waals surface area contributed by atoms with Gasteiger partial charge < -0.3 is 20.7 Å². The van der Waals surface area contributed by atoms with Crippen molar-refractivity contribution in [3.8, 4) is 0 Å². The molecule has 166 valence electrons. The number of carbonyl (C=O) groups excluding carboxylic acids is 4. The molecule has 0 bridgehead atoms. The van der Waals surface area contributed by atoms with Gasteiger partial charge in [-0.05, 0) is 75.2 Å². The molecule has 2 fully saturated rings. The van der Waals surface area contributed by atoms with Crippen LogP contribution in [0.1, 0.15) is 49.5 Å². The van der Waals surface area contributed by atoms with Crippen LogP contribution in [-0.4, -0.2) is 47.9 Å². The Kier molecular flexibility index (Phi) is 6.59. The Hall–Kier alpha value is -3.01. The van der Waals surface area contributed by atoms with Crippen molar-refractivity contribution in [2.24, 2.45) is 5.73 Å². The highest BCUT2D eigenvalue weighted by molar-refractivity contribution is 8.18. The van der Waals surface area contributed by atoms with Gasteiger partial charge in [0.15, 0.2) is 0 Å². The Morgan fingerprint density at radius 2 is 2.06 bits per heavy atom. The summed E-state index contributed by atoms with van der Waals surface area (Å²) in [6.45, 7) is 6.69. The molecule has 4 N–H and O–H groups in total. The fraction of sp³-hybridized carbons (Fsp3) is 0.429. The molecule has 9 nitrogen and oxygen atoms in total. The summed E-state index contributed by atoms with van der Waals surface area (Å²) in [4.78, 5) is 49.7. The van der Waals surface area contributed by atoms with Crippen molar-refractivity contribution >= 4 is 46.7 Å². The SMILES string of the molecule is CC(C)(C)OC(=O)NC1CCCN(c2ccc(C(N)=O)cc2C=C2SC(=O)NC2=O)C1. The van der Waals surface area contributed by atoms with Crippen LogP contribution in [-0.2, 0) is 9.53 Å². The quantitative estimate of drug-likeness (QED) is 0.606. The van der Waals surface area contributed by atoms with E-state index in [4.69, 9.17) is 10.5 Å². The lowest BCUT2D eigenvalue weighted by atomic mass is 10.0. The minimum absolute atomic E-state index is 0.120. The molecule has 0 spiro atoms. The van der Waals surface area contributed by atoms with Gasteiger partial charge in [-0.3, -0.25) is 19.7 Å². The lowest BCUT2D eigenvalue weighted by Gasteiger charge is -2.36. The molecule has 1 atom stereocenters. The zero-order valence-electron chi connectivity index (χ0n) is 17.7. The van der Waals surface area contributed by atoms with Gasteiger partial charge in [0.25, 0.3) is 11.1 Å². The summed E-state index contributed by atoms with van der Waals surface area (Å²) in [6.07, 6.45) is 2.75. The predicted molar refractivity (Wildman–Crippen MR) is 119 cm³/mol. The number of anilines is 1. The highest BCUT2D eigenvalue weighted by Crippen LogP contribution is 2.31. The molecule has 4 amide bonds. The molecule has 31 heavy (non-hydrogen) atoms. The first kappa shape index (κ1) is 22.7. The summed E-state index contributed by atoms with van der Waals surface area (Å²) < 4.78 is 5.35. The number of nitrogens with two attached hydrogens (primary N) is 1. The second-order valence-electron chi connectivity index (χ2n) is 8.42. The van der Waals surface area contributed by atoms with Gasteiger partial charge in [0, 0.05) is 30.4 Å². The van der Waals surface area contributed by atoms with E-state index in [1.807, 2.05) is 20.8 Å². The smallest absolute Gasteiger partial charge is 0.407 e. The number of primary amides is 1. The van der Waals surface area contributed by atoms with Crippen LogP contribution in [0.3, 0.4) is 0 Å². The third kappa shape index (κ3) is 6.00. The van der Waals surface area contributed by atoms with Crippen LogP contribution >= 0.6 is 11.8 Å². The highest BCUT2D eigenvalue weighted by Gasteiger charge is 2.28. The number of benzene rings is 1. The molecule has 2 saturated heterocycles. The van der Waals surface area contributed by atoms with Crippen LogP contribution in [0.5, 0.6) is 0 Å². The second-order valence-corrected chi connectivity index (χ2v) is 9.44. The van der Waals surface area contributed by atoms with E-state index in [2.05, 4.69) is 15.5 Å². The maximum Gasteiger partial charge on any atom is 0.407 e. The van der Waals surface area contributed by atoms with Crippen LogP contribution in [0.15, 0.2) is 23.1 Å². The number of nitrogens with zero attached hydrogens (tertiary/aromatic N) is 1. The molecule has 0 aliphatic carbocycles. The number of imide groups is 1. The van der Waals surface area contributed by atoms with E-state index in [9.17, 15) is 19.2 Å². The zero-order valence-corrected chi connectivity index (χ0v) is 18.5. The summed E-state index contributed by atoms with van der Waals surface area (Å²) in [7, 11) is 0. The molecule has 2 heterocycles. The lowest BCUT2D eigenvalue weighted by Crippen LogP contribution is -2.49.